The molecule has 104 valence electrons. The van der Waals surface area contributed by atoms with Crippen LogP contribution in [0.4, 0.5) is 0 Å². The van der Waals surface area contributed by atoms with Crippen molar-refractivity contribution >= 4 is 5.91 Å². The lowest BCUT2D eigenvalue weighted by Gasteiger charge is -2.38. The molecule has 1 amide bonds. The molecule has 2 aliphatic heterocycles. The average Bonchev–Trinajstić information content (AvgIpc) is 2.87. The minimum Gasteiger partial charge on any atom is -0.339 e. The Kier molecular flexibility index (Phi) is 4.31. The van der Waals surface area contributed by atoms with Crippen LogP contribution in [-0.4, -0.2) is 36.5 Å². The van der Waals surface area contributed by atoms with Crippen molar-refractivity contribution in [2.45, 2.75) is 58.9 Å². The molecule has 0 aromatic heterocycles. The molecule has 0 spiro atoms. The van der Waals surface area contributed by atoms with Gasteiger partial charge in [0, 0.05) is 18.0 Å². The van der Waals surface area contributed by atoms with Crippen LogP contribution in [0.1, 0.15) is 52.9 Å². The number of carbonyl (C=O) groups excluding carboxylic acids is 1. The van der Waals surface area contributed by atoms with Crippen LogP contribution < -0.4 is 5.32 Å². The average molecular weight is 252 g/mol. The van der Waals surface area contributed by atoms with E-state index in [9.17, 15) is 4.79 Å². The van der Waals surface area contributed by atoms with Crippen LogP contribution in [0, 0.1) is 11.3 Å². The van der Waals surface area contributed by atoms with Gasteiger partial charge in [-0.2, -0.15) is 0 Å². The number of likely N-dealkylation sites (tertiary alicyclic amines) is 1. The summed E-state index contributed by atoms with van der Waals surface area (Å²) in [4.78, 5) is 14.9. The maximum Gasteiger partial charge on any atom is 0.228 e. The Balaban J connectivity index is 2.04. The molecule has 0 aromatic carbocycles. The minimum atomic E-state index is -0.190. The van der Waals surface area contributed by atoms with Gasteiger partial charge in [0.05, 0.1) is 0 Å². The van der Waals surface area contributed by atoms with Gasteiger partial charge in [-0.1, -0.05) is 20.8 Å². The van der Waals surface area contributed by atoms with Crippen LogP contribution in [-0.2, 0) is 4.79 Å². The zero-order valence-corrected chi connectivity index (χ0v) is 12.2. The number of piperidine rings is 1. The molecule has 18 heavy (non-hydrogen) atoms. The molecular formula is C15H28N2O. The molecule has 2 fully saturated rings. The van der Waals surface area contributed by atoms with Crippen molar-refractivity contribution in [3.8, 4) is 0 Å². The van der Waals surface area contributed by atoms with E-state index >= 15 is 0 Å². The number of amides is 1. The zero-order valence-electron chi connectivity index (χ0n) is 12.2. The lowest BCUT2D eigenvalue weighted by atomic mass is 9.86. The SMILES string of the molecule is CCC(C)(C)C(=O)N1CCCC1C1CCCNC1. The van der Waals surface area contributed by atoms with Crippen molar-refractivity contribution in [3.05, 3.63) is 0 Å². The fraction of sp³-hybridized carbons (Fsp3) is 0.933. The third-order valence-electron chi connectivity index (χ3n) is 4.90. The molecule has 0 aromatic rings. The highest BCUT2D eigenvalue weighted by atomic mass is 16.2. The Morgan fingerprint density at radius 1 is 1.33 bits per heavy atom. The summed E-state index contributed by atoms with van der Waals surface area (Å²) in [6.45, 7) is 9.51. The van der Waals surface area contributed by atoms with E-state index in [1.807, 2.05) is 0 Å². The molecule has 2 atom stereocenters. The van der Waals surface area contributed by atoms with Crippen molar-refractivity contribution < 1.29 is 4.79 Å². The lowest BCUT2D eigenvalue weighted by molar-refractivity contribution is -0.142. The quantitative estimate of drug-likeness (QED) is 0.836. The van der Waals surface area contributed by atoms with Crippen molar-refractivity contribution in [2.75, 3.05) is 19.6 Å². The van der Waals surface area contributed by atoms with E-state index in [-0.39, 0.29) is 5.41 Å². The summed E-state index contributed by atoms with van der Waals surface area (Å²) < 4.78 is 0. The minimum absolute atomic E-state index is 0.190. The second kappa shape index (κ2) is 5.60. The first-order chi connectivity index (χ1) is 8.56. The standard InChI is InChI=1S/C15H28N2O/c1-4-15(2,3)14(18)17-10-6-8-13(17)12-7-5-9-16-11-12/h12-13,16H,4-11H2,1-3H3. The van der Waals surface area contributed by atoms with Crippen LogP contribution >= 0.6 is 0 Å². The third kappa shape index (κ3) is 2.71. The maximum absolute atomic E-state index is 12.7. The Morgan fingerprint density at radius 2 is 2.11 bits per heavy atom. The van der Waals surface area contributed by atoms with E-state index in [2.05, 4.69) is 31.0 Å². The summed E-state index contributed by atoms with van der Waals surface area (Å²) in [5.41, 5.74) is -0.190. The summed E-state index contributed by atoms with van der Waals surface area (Å²) in [7, 11) is 0. The van der Waals surface area contributed by atoms with E-state index in [0.29, 0.717) is 17.9 Å². The predicted octanol–water partition coefficient (Wildman–Crippen LogP) is 2.41. The number of hydrogen-bond donors (Lipinski definition) is 1. The Bertz CT molecular complexity index is 295. The monoisotopic (exact) mass is 252 g/mol. The van der Waals surface area contributed by atoms with E-state index < -0.39 is 0 Å². The van der Waals surface area contributed by atoms with Crippen molar-refractivity contribution in [2.24, 2.45) is 11.3 Å². The first-order valence-electron chi connectivity index (χ1n) is 7.58. The van der Waals surface area contributed by atoms with E-state index in [1.165, 1.54) is 25.7 Å². The summed E-state index contributed by atoms with van der Waals surface area (Å²) >= 11 is 0. The fourth-order valence-corrected chi connectivity index (χ4v) is 3.28. The van der Waals surface area contributed by atoms with Gasteiger partial charge in [0.15, 0.2) is 0 Å². The zero-order chi connectivity index (χ0) is 13.2. The van der Waals surface area contributed by atoms with Gasteiger partial charge in [0.25, 0.3) is 0 Å². The smallest absolute Gasteiger partial charge is 0.228 e. The first-order valence-corrected chi connectivity index (χ1v) is 7.58. The van der Waals surface area contributed by atoms with E-state index in [4.69, 9.17) is 0 Å². The van der Waals surface area contributed by atoms with Gasteiger partial charge >= 0.3 is 0 Å². The molecule has 3 nitrogen and oxygen atoms in total. The molecular weight excluding hydrogens is 224 g/mol. The predicted molar refractivity (Wildman–Crippen MR) is 74.4 cm³/mol. The Hall–Kier alpha value is -0.570. The van der Waals surface area contributed by atoms with Crippen LogP contribution in [0.25, 0.3) is 0 Å². The molecule has 2 unspecified atom stereocenters. The van der Waals surface area contributed by atoms with Gasteiger partial charge in [-0.25, -0.2) is 0 Å². The van der Waals surface area contributed by atoms with Crippen LogP contribution in [0.2, 0.25) is 0 Å². The van der Waals surface area contributed by atoms with Crippen LogP contribution in [0.15, 0.2) is 0 Å². The van der Waals surface area contributed by atoms with Gasteiger partial charge < -0.3 is 10.2 Å². The number of carbonyl (C=O) groups is 1. The Labute approximate surface area is 111 Å². The number of rotatable bonds is 3. The van der Waals surface area contributed by atoms with Gasteiger partial charge in [-0.15, -0.1) is 0 Å². The fourth-order valence-electron chi connectivity index (χ4n) is 3.28. The molecule has 0 radical (unpaired) electrons. The molecule has 2 aliphatic rings. The number of nitrogens with one attached hydrogen (secondary N) is 1. The second-order valence-corrected chi connectivity index (χ2v) is 6.55. The third-order valence-corrected chi connectivity index (χ3v) is 4.90. The van der Waals surface area contributed by atoms with Gasteiger partial charge in [0.2, 0.25) is 5.91 Å². The number of nitrogens with zero attached hydrogens (tertiary/aromatic N) is 1. The maximum atomic E-state index is 12.7. The molecule has 2 rings (SSSR count). The molecule has 2 saturated heterocycles. The largest absolute Gasteiger partial charge is 0.339 e. The van der Waals surface area contributed by atoms with Crippen molar-refractivity contribution in [3.63, 3.8) is 0 Å². The highest BCUT2D eigenvalue weighted by Crippen LogP contribution is 2.33. The van der Waals surface area contributed by atoms with Crippen molar-refractivity contribution in [1.82, 2.24) is 10.2 Å². The van der Waals surface area contributed by atoms with Crippen LogP contribution in [0.5, 0.6) is 0 Å². The molecule has 0 bridgehead atoms. The first kappa shape index (κ1) is 13.9. The summed E-state index contributed by atoms with van der Waals surface area (Å²) in [6.07, 6.45) is 5.87. The summed E-state index contributed by atoms with van der Waals surface area (Å²) in [5.74, 6) is 1.05. The van der Waals surface area contributed by atoms with E-state index in [0.717, 1.165) is 26.1 Å². The van der Waals surface area contributed by atoms with Crippen molar-refractivity contribution in [1.29, 1.82) is 0 Å². The van der Waals surface area contributed by atoms with Gasteiger partial charge in [-0.3, -0.25) is 4.79 Å². The number of hydrogen-bond acceptors (Lipinski definition) is 2. The molecule has 0 aliphatic carbocycles. The topological polar surface area (TPSA) is 32.3 Å². The normalized spacial score (nSPS) is 29.6. The second-order valence-electron chi connectivity index (χ2n) is 6.55. The molecule has 1 N–H and O–H groups in total. The molecule has 3 heteroatoms. The van der Waals surface area contributed by atoms with Gasteiger partial charge in [0.1, 0.15) is 0 Å². The van der Waals surface area contributed by atoms with Gasteiger partial charge in [-0.05, 0) is 51.1 Å². The summed E-state index contributed by atoms with van der Waals surface area (Å²) in [6, 6.07) is 0.496. The molecule has 2 heterocycles. The summed E-state index contributed by atoms with van der Waals surface area (Å²) in [5, 5.41) is 3.49. The highest BCUT2D eigenvalue weighted by Gasteiger charge is 2.39. The van der Waals surface area contributed by atoms with Crippen LogP contribution in [0.3, 0.4) is 0 Å². The lowest BCUT2D eigenvalue weighted by Crippen LogP contribution is -2.49. The highest BCUT2D eigenvalue weighted by molar-refractivity contribution is 5.82. The molecule has 0 saturated carbocycles. The van der Waals surface area contributed by atoms with E-state index in [1.54, 1.807) is 0 Å². The Morgan fingerprint density at radius 3 is 2.72 bits per heavy atom.